The van der Waals surface area contributed by atoms with Crippen LogP contribution in [0.4, 0.5) is 24.8 Å². The van der Waals surface area contributed by atoms with Crippen LogP contribution >= 0.6 is 0 Å². The fourth-order valence-electron chi connectivity index (χ4n) is 2.55. The second-order valence-electron chi connectivity index (χ2n) is 4.70. The normalized spacial score (nSPS) is 16.8. The molecule has 0 aromatic carbocycles. The maximum absolute atomic E-state index is 12.7. The Balaban J connectivity index is 2.34. The van der Waals surface area contributed by atoms with Gasteiger partial charge in [0.15, 0.2) is 0 Å². The molecule has 1 aromatic rings. The lowest BCUT2D eigenvalue weighted by atomic mass is 10.2. The Morgan fingerprint density at radius 2 is 1.95 bits per heavy atom. The highest BCUT2D eigenvalue weighted by molar-refractivity contribution is 5.48. The van der Waals surface area contributed by atoms with Crippen molar-refractivity contribution in [2.24, 2.45) is 0 Å². The number of nitrogens with two attached hydrogens (primary N) is 1. The molecule has 19 heavy (non-hydrogen) atoms. The van der Waals surface area contributed by atoms with Gasteiger partial charge in [-0.05, 0) is 19.8 Å². The molecule has 0 atom stereocenters. The summed E-state index contributed by atoms with van der Waals surface area (Å²) in [6.07, 6.45) is -0.390. The van der Waals surface area contributed by atoms with Gasteiger partial charge >= 0.3 is 6.18 Å². The van der Waals surface area contributed by atoms with E-state index in [1.807, 2.05) is 11.8 Å². The zero-order valence-electron chi connectivity index (χ0n) is 10.7. The zero-order chi connectivity index (χ0) is 14.0. The lowest BCUT2D eigenvalue weighted by Crippen LogP contribution is -2.34. The van der Waals surface area contributed by atoms with Crippen LogP contribution in [0.3, 0.4) is 0 Å². The summed E-state index contributed by atoms with van der Waals surface area (Å²) < 4.78 is 38.1. The summed E-state index contributed by atoms with van der Waals surface area (Å²) in [7, 11) is 0. The van der Waals surface area contributed by atoms with Crippen LogP contribution in [-0.4, -0.2) is 22.6 Å². The minimum Gasteiger partial charge on any atom is -0.384 e. The maximum atomic E-state index is 12.7. The van der Waals surface area contributed by atoms with Crippen LogP contribution in [0.25, 0.3) is 0 Å². The molecule has 1 fully saturated rings. The summed E-state index contributed by atoms with van der Waals surface area (Å²) in [6.45, 7) is 2.52. The molecule has 0 spiro atoms. The number of hydrogen-bond donors (Lipinski definition) is 1. The van der Waals surface area contributed by atoms with E-state index in [1.54, 1.807) is 0 Å². The van der Waals surface area contributed by atoms with E-state index in [0.717, 1.165) is 25.7 Å². The molecule has 7 heteroatoms. The third-order valence-corrected chi connectivity index (χ3v) is 3.39. The topological polar surface area (TPSA) is 55.0 Å². The van der Waals surface area contributed by atoms with Gasteiger partial charge in [-0.25, -0.2) is 9.97 Å². The van der Waals surface area contributed by atoms with Crippen LogP contribution in [0.1, 0.15) is 38.4 Å². The molecule has 2 N–H and O–H groups in total. The Morgan fingerprint density at radius 1 is 1.32 bits per heavy atom. The summed E-state index contributed by atoms with van der Waals surface area (Å²) in [4.78, 5) is 8.78. The number of aromatic nitrogens is 2. The smallest absolute Gasteiger partial charge is 0.384 e. The first-order valence-electron chi connectivity index (χ1n) is 6.40. The van der Waals surface area contributed by atoms with Gasteiger partial charge in [-0.3, -0.25) is 0 Å². The molecule has 0 amide bonds. The molecule has 1 aromatic heterocycles. The van der Waals surface area contributed by atoms with Crippen molar-refractivity contribution in [2.45, 2.75) is 44.8 Å². The first-order valence-corrected chi connectivity index (χ1v) is 6.40. The summed E-state index contributed by atoms with van der Waals surface area (Å²) in [6, 6.07) is 1.66. The van der Waals surface area contributed by atoms with Gasteiger partial charge in [-0.1, -0.05) is 12.8 Å². The minimum absolute atomic E-state index is 0.145. The summed E-state index contributed by atoms with van der Waals surface area (Å²) in [5.41, 5.74) is 5.47. The van der Waals surface area contributed by atoms with Gasteiger partial charge in [0.2, 0.25) is 5.82 Å². The third kappa shape index (κ3) is 3.08. The van der Waals surface area contributed by atoms with E-state index in [-0.39, 0.29) is 17.7 Å². The summed E-state index contributed by atoms with van der Waals surface area (Å²) in [5.74, 6) is -1.04. The van der Waals surface area contributed by atoms with Crippen molar-refractivity contribution >= 4 is 11.6 Å². The van der Waals surface area contributed by atoms with Crippen LogP contribution in [0.2, 0.25) is 0 Å². The minimum atomic E-state index is -4.57. The quantitative estimate of drug-likeness (QED) is 0.920. The number of halogens is 3. The Kier molecular flexibility index (Phi) is 3.82. The lowest BCUT2D eigenvalue weighted by Gasteiger charge is -2.29. The van der Waals surface area contributed by atoms with Crippen LogP contribution in [0, 0.1) is 0 Å². The first kappa shape index (κ1) is 13.9. The standard InChI is InChI=1S/C12H17F3N4/c1-2-19(8-5-3-4-6-8)10-7-9(16)17-11(18-10)12(13,14)15/h7-8H,2-6H2,1H3,(H2,16,17,18). The molecule has 4 nitrogen and oxygen atoms in total. The summed E-state index contributed by atoms with van der Waals surface area (Å²) in [5, 5.41) is 0. The highest BCUT2D eigenvalue weighted by Crippen LogP contribution is 2.31. The van der Waals surface area contributed by atoms with E-state index in [1.165, 1.54) is 6.07 Å². The third-order valence-electron chi connectivity index (χ3n) is 3.39. The van der Waals surface area contributed by atoms with Gasteiger partial charge < -0.3 is 10.6 Å². The van der Waals surface area contributed by atoms with Crippen molar-refractivity contribution in [1.82, 2.24) is 9.97 Å². The predicted octanol–water partition coefficient (Wildman–Crippen LogP) is 2.85. The van der Waals surface area contributed by atoms with Gasteiger partial charge in [0, 0.05) is 18.7 Å². The number of alkyl halides is 3. The molecular weight excluding hydrogens is 257 g/mol. The lowest BCUT2D eigenvalue weighted by molar-refractivity contribution is -0.144. The molecule has 0 radical (unpaired) electrons. The Morgan fingerprint density at radius 3 is 2.47 bits per heavy atom. The molecule has 0 aliphatic heterocycles. The van der Waals surface area contributed by atoms with Gasteiger partial charge in [0.05, 0.1) is 0 Å². The van der Waals surface area contributed by atoms with E-state index in [2.05, 4.69) is 9.97 Å². The van der Waals surface area contributed by atoms with Crippen molar-refractivity contribution in [3.8, 4) is 0 Å². The average Bonchev–Trinajstić information content (AvgIpc) is 2.82. The predicted molar refractivity (Wildman–Crippen MR) is 66.7 cm³/mol. The van der Waals surface area contributed by atoms with Gasteiger partial charge in [0.1, 0.15) is 11.6 Å². The number of nitrogen functional groups attached to an aromatic ring is 1. The molecule has 1 saturated carbocycles. The Bertz CT molecular complexity index is 441. The Labute approximate surface area is 109 Å². The second kappa shape index (κ2) is 5.22. The molecule has 1 heterocycles. The van der Waals surface area contributed by atoms with Gasteiger partial charge in [-0.2, -0.15) is 13.2 Å². The van der Waals surface area contributed by atoms with E-state index in [9.17, 15) is 13.2 Å². The van der Waals surface area contributed by atoms with Crippen LogP contribution in [0.15, 0.2) is 6.07 Å². The van der Waals surface area contributed by atoms with E-state index in [0.29, 0.717) is 6.54 Å². The first-order chi connectivity index (χ1) is 8.91. The average molecular weight is 274 g/mol. The van der Waals surface area contributed by atoms with Gasteiger partial charge in [0.25, 0.3) is 0 Å². The fourth-order valence-corrected chi connectivity index (χ4v) is 2.55. The van der Waals surface area contributed by atoms with Crippen LogP contribution < -0.4 is 10.6 Å². The monoisotopic (exact) mass is 274 g/mol. The molecule has 0 unspecified atom stereocenters. The van der Waals surface area contributed by atoms with Crippen LogP contribution in [-0.2, 0) is 6.18 Å². The summed E-state index contributed by atoms with van der Waals surface area (Å²) >= 11 is 0. The fraction of sp³-hybridized carbons (Fsp3) is 0.667. The maximum Gasteiger partial charge on any atom is 0.451 e. The van der Waals surface area contributed by atoms with Crippen molar-refractivity contribution in [3.05, 3.63) is 11.9 Å². The van der Waals surface area contributed by atoms with E-state index >= 15 is 0 Å². The second-order valence-corrected chi connectivity index (χ2v) is 4.70. The van der Waals surface area contributed by atoms with Gasteiger partial charge in [-0.15, -0.1) is 0 Å². The molecule has 1 aliphatic carbocycles. The highest BCUT2D eigenvalue weighted by Gasteiger charge is 2.36. The highest BCUT2D eigenvalue weighted by atomic mass is 19.4. The Hall–Kier alpha value is -1.53. The number of nitrogens with zero attached hydrogens (tertiary/aromatic N) is 3. The number of rotatable bonds is 3. The molecule has 1 aliphatic rings. The van der Waals surface area contributed by atoms with Crippen molar-refractivity contribution < 1.29 is 13.2 Å². The number of anilines is 2. The molecule has 2 rings (SSSR count). The van der Waals surface area contributed by atoms with E-state index < -0.39 is 12.0 Å². The van der Waals surface area contributed by atoms with Crippen molar-refractivity contribution in [2.75, 3.05) is 17.2 Å². The van der Waals surface area contributed by atoms with Crippen molar-refractivity contribution in [3.63, 3.8) is 0 Å². The number of hydrogen-bond acceptors (Lipinski definition) is 4. The zero-order valence-corrected chi connectivity index (χ0v) is 10.7. The molecule has 0 saturated heterocycles. The molecular formula is C12H17F3N4. The van der Waals surface area contributed by atoms with Crippen LogP contribution in [0.5, 0.6) is 0 Å². The SMILES string of the molecule is CCN(c1cc(N)nc(C(F)(F)F)n1)C1CCCC1. The van der Waals surface area contributed by atoms with E-state index in [4.69, 9.17) is 5.73 Å². The van der Waals surface area contributed by atoms with Crippen molar-refractivity contribution in [1.29, 1.82) is 0 Å². The largest absolute Gasteiger partial charge is 0.451 e. The molecule has 0 bridgehead atoms. The molecule has 106 valence electrons.